The number of anilines is 1. The van der Waals surface area contributed by atoms with Gasteiger partial charge in [0, 0.05) is 26.2 Å². The summed E-state index contributed by atoms with van der Waals surface area (Å²) in [5.74, 6) is 1.51. The molecular weight excluding hydrogens is 204 g/mol. The summed E-state index contributed by atoms with van der Waals surface area (Å²) in [6, 6.07) is 0. The summed E-state index contributed by atoms with van der Waals surface area (Å²) < 4.78 is 5.53. The van der Waals surface area contributed by atoms with Gasteiger partial charge in [0.05, 0.1) is 18.5 Å². The molecule has 2 rings (SSSR count). The quantitative estimate of drug-likeness (QED) is 0.814. The lowest BCUT2D eigenvalue weighted by molar-refractivity contribution is 0.231. The van der Waals surface area contributed by atoms with Crippen molar-refractivity contribution in [2.75, 3.05) is 31.1 Å². The molecule has 0 aliphatic carbocycles. The highest BCUT2D eigenvalue weighted by atomic mass is 16.5. The van der Waals surface area contributed by atoms with E-state index in [1.807, 2.05) is 13.8 Å². The fourth-order valence-corrected chi connectivity index (χ4v) is 1.68. The number of hydrogen-bond acceptors (Lipinski definition) is 5. The normalized spacial score (nSPS) is 16.6. The fourth-order valence-electron chi connectivity index (χ4n) is 1.68. The highest BCUT2D eigenvalue weighted by Crippen LogP contribution is 2.15. The number of nitrogens with zero attached hydrogens (tertiary/aromatic N) is 3. The van der Waals surface area contributed by atoms with Crippen LogP contribution < -0.4 is 15.0 Å². The van der Waals surface area contributed by atoms with Crippen LogP contribution in [0.3, 0.4) is 0 Å². The van der Waals surface area contributed by atoms with Crippen LogP contribution in [0.1, 0.15) is 13.8 Å². The highest BCUT2D eigenvalue weighted by Gasteiger charge is 2.12. The van der Waals surface area contributed by atoms with Crippen molar-refractivity contribution in [1.29, 1.82) is 0 Å². The van der Waals surface area contributed by atoms with Crippen molar-refractivity contribution in [3.05, 3.63) is 12.4 Å². The highest BCUT2D eigenvalue weighted by molar-refractivity contribution is 5.38. The van der Waals surface area contributed by atoms with E-state index in [4.69, 9.17) is 4.74 Å². The molecule has 1 N–H and O–H groups in total. The molecular formula is C11H18N4O. The third-order valence-corrected chi connectivity index (χ3v) is 2.40. The molecule has 1 aliphatic rings. The molecule has 0 radical (unpaired) electrons. The Morgan fingerprint density at radius 3 is 2.75 bits per heavy atom. The summed E-state index contributed by atoms with van der Waals surface area (Å²) in [4.78, 5) is 10.8. The van der Waals surface area contributed by atoms with Crippen molar-refractivity contribution in [2.45, 2.75) is 20.0 Å². The van der Waals surface area contributed by atoms with Crippen LogP contribution >= 0.6 is 0 Å². The minimum Gasteiger partial charge on any atom is -0.474 e. The van der Waals surface area contributed by atoms with Gasteiger partial charge in [0.15, 0.2) is 5.82 Å². The van der Waals surface area contributed by atoms with Crippen molar-refractivity contribution in [3.63, 3.8) is 0 Å². The molecule has 5 heteroatoms. The third-order valence-electron chi connectivity index (χ3n) is 2.40. The Morgan fingerprint density at radius 1 is 1.31 bits per heavy atom. The maximum atomic E-state index is 5.53. The Kier molecular flexibility index (Phi) is 3.56. The van der Waals surface area contributed by atoms with Gasteiger partial charge in [-0.2, -0.15) is 4.98 Å². The molecule has 0 amide bonds. The van der Waals surface area contributed by atoms with Gasteiger partial charge in [-0.05, 0) is 13.8 Å². The van der Waals surface area contributed by atoms with Gasteiger partial charge in [-0.25, -0.2) is 0 Å². The molecule has 1 aromatic heterocycles. The van der Waals surface area contributed by atoms with E-state index in [-0.39, 0.29) is 6.10 Å². The first-order valence-electron chi connectivity index (χ1n) is 5.70. The van der Waals surface area contributed by atoms with Crippen molar-refractivity contribution in [2.24, 2.45) is 0 Å². The maximum absolute atomic E-state index is 5.53. The lowest BCUT2D eigenvalue weighted by Crippen LogP contribution is -2.43. The zero-order valence-corrected chi connectivity index (χ0v) is 9.81. The van der Waals surface area contributed by atoms with E-state index >= 15 is 0 Å². The molecule has 2 heterocycles. The molecule has 16 heavy (non-hydrogen) atoms. The van der Waals surface area contributed by atoms with Gasteiger partial charge in [-0.1, -0.05) is 0 Å². The van der Waals surface area contributed by atoms with Gasteiger partial charge in [-0.15, -0.1) is 0 Å². The van der Waals surface area contributed by atoms with Crippen LogP contribution in [0, 0.1) is 0 Å². The van der Waals surface area contributed by atoms with E-state index < -0.39 is 0 Å². The van der Waals surface area contributed by atoms with E-state index in [0.717, 1.165) is 32.0 Å². The van der Waals surface area contributed by atoms with E-state index in [2.05, 4.69) is 20.2 Å². The summed E-state index contributed by atoms with van der Waals surface area (Å²) in [6.07, 6.45) is 3.58. The lowest BCUT2D eigenvalue weighted by atomic mass is 10.3. The molecule has 0 atom stereocenters. The number of hydrogen-bond donors (Lipinski definition) is 1. The summed E-state index contributed by atoms with van der Waals surface area (Å²) in [7, 11) is 0. The molecule has 5 nitrogen and oxygen atoms in total. The third kappa shape index (κ3) is 2.82. The van der Waals surface area contributed by atoms with Gasteiger partial charge >= 0.3 is 0 Å². The Hall–Kier alpha value is -1.36. The number of nitrogens with one attached hydrogen (secondary N) is 1. The first-order chi connectivity index (χ1) is 7.75. The topological polar surface area (TPSA) is 50.3 Å². The van der Waals surface area contributed by atoms with Gasteiger partial charge in [0.2, 0.25) is 5.88 Å². The van der Waals surface area contributed by atoms with Crippen LogP contribution in [0.5, 0.6) is 5.88 Å². The zero-order valence-electron chi connectivity index (χ0n) is 9.81. The number of piperazine rings is 1. The molecule has 0 unspecified atom stereocenters. The molecule has 0 bridgehead atoms. The van der Waals surface area contributed by atoms with Crippen molar-refractivity contribution >= 4 is 5.82 Å². The molecule has 1 aliphatic heterocycles. The summed E-state index contributed by atoms with van der Waals surface area (Å²) in [5.41, 5.74) is 0. The molecule has 88 valence electrons. The predicted octanol–water partition coefficient (Wildman–Crippen LogP) is 0.673. The van der Waals surface area contributed by atoms with Crippen LogP contribution in [-0.2, 0) is 0 Å². The van der Waals surface area contributed by atoms with Crippen molar-refractivity contribution in [1.82, 2.24) is 15.3 Å². The average Bonchev–Trinajstić information content (AvgIpc) is 2.30. The standard InChI is InChI=1S/C11H18N4O/c1-9(2)16-11-8-13-7-10(14-11)15-5-3-12-4-6-15/h7-9,12H,3-6H2,1-2H3. The van der Waals surface area contributed by atoms with Gasteiger partial charge in [0.1, 0.15) is 0 Å². The second kappa shape index (κ2) is 5.12. The molecule has 1 fully saturated rings. The smallest absolute Gasteiger partial charge is 0.234 e. The molecule has 0 saturated carbocycles. The molecule has 0 spiro atoms. The molecule has 1 saturated heterocycles. The Bertz CT molecular complexity index is 337. The van der Waals surface area contributed by atoms with E-state index in [1.165, 1.54) is 0 Å². The second-order valence-corrected chi connectivity index (χ2v) is 4.12. The predicted molar refractivity (Wildman–Crippen MR) is 62.9 cm³/mol. The number of rotatable bonds is 3. The Morgan fingerprint density at radius 2 is 2.06 bits per heavy atom. The van der Waals surface area contributed by atoms with Gasteiger partial charge < -0.3 is 15.0 Å². The van der Waals surface area contributed by atoms with E-state index in [9.17, 15) is 0 Å². The molecule has 0 aromatic carbocycles. The lowest BCUT2D eigenvalue weighted by Gasteiger charge is -2.28. The van der Waals surface area contributed by atoms with Crippen LogP contribution in [0.25, 0.3) is 0 Å². The number of aromatic nitrogens is 2. The minimum absolute atomic E-state index is 0.132. The van der Waals surface area contributed by atoms with Gasteiger partial charge in [-0.3, -0.25) is 4.98 Å². The SMILES string of the molecule is CC(C)Oc1cncc(N2CCNCC2)n1. The van der Waals surface area contributed by atoms with Gasteiger partial charge in [0.25, 0.3) is 0 Å². The van der Waals surface area contributed by atoms with Crippen LogP contribution in [0.2, 0.25) is 0 Å². The summed E-state index contributed by atoms with van der Waals surface area (Å²) in [6.45, 7) is 7.91. The molecule has 1 aromatic rings. The van der Waals surface area contributed by atoms with E-state index in [0.29, 0.717) is 5.88 Å². The van der Waals surface area contributed by atoms with E-state index in [1.54, 1.807) is 12.4 Å². The maximum Gasteiger partial charge on any atom is 0.234 e. The van der Waals surface area contributed by atoms with Crippen LogP contribution in [-0.4, -0.2) is 42.3 Å². The fraction of sp³-hybridized carbons (Fsp3) is 0.636. The number of ether oxygens (including phenoxy) is 1. The first-order valence-corrected chi connectivity index (χ1v) is 5.70. The summed E-state index contributed by atoms with van der Waals surface area (Å²) in [5, 5.41) is 3.31. The summed E-state index contributed by atoms with van der Waals surface area (Å²) >= 11 is 0. The second-order valence-electron chi connectivity index (χ2n) is 4.12. The largest absolute Gasteiger partial charge is 0.474 e. The Balaban J connectivity index is 2.08. The van der Waals surface area contributed by atoms with Crippen molar-refractivity contribution < 1.29 is 4.74 Å². The van der Waals surface area contributed by atoms with Crippen LogP contribution in [0.4, 0.5) is 5.82 Å². The van der Waals surface area contributed by atoms with Crippen molar-refractivity contribution in [3.8, 4) is 5.88 Å². The first kappa shape index (κ1) is 11.1. The minimum atomic E-state index is 0.132. The Labute approximate surface area is 95.8 Å². The van der Waals surface area contributed by atoms with Crippen LogP contribution in [0.15, 0.2) is 12.4 Å². The average molecular weight is 222 g/mol. The zero-order chi connectivity index (χ0) is 11.4. The monoisotopic (exact) mass is 222 g/mol.